The highest BCUT2D eigenvalue weighted by molar-refractivity contribution is 6.01. The quantitative estimate of drug-likeness (QED) is 0.774. The molecule has 0 aliphatic carbocycles. The fraction of sp³-hybridized carbons (Fsp3) is 0.692. The molecule has 1 atom stereocenters. The number of nitrogens with one attached hydrogen (secondary N) is 1. The standard InChI is InChI=1S/C13H20N2O6/c1-5-8(14-12(19)20-13(2,3)4)11(18)21-15-9(16)6-7-10(15)17/h8H,5-7H2,1-4H3,(H,14,19)/t8-/m1/s1. The molecule has 0 aromatic heterocycles. The minimum absolute atomic E-state index is 0.0163. The monoisotopic (exact) mass is 300 g/mol. The molecule has 0 aromatic carbocycles. The summed E-state index contributed by atoms with van der Waals surface area (Å²) in [7, 11) is 0. The van der Waals surface area contributed by atoms with Crippen molar-refractivity contribution in [2.75, 3.05) is 0 Å². The molecule has 0 aromatic rings. The number of ether oxygens (including phenoxy) is 1. The van der Waals surface area contributed by atoms with E-state index in [2.05, 4.69) is 5.32 Å². The number of hydrogen-bond acceptors (Lipinski definition) is 6. The topological polar surface area (TPSA) is 102 Å². The average Bonchev–Trinajstić information content (AvgIpc) is 2.65. The number of carbonyl (C=O) groups is 4. The Kier molecular flexibility index (Phi) is 5.28. The lowest BCUT2D eigenvalue weighted by atomic mass is 10.2. The summed E-state index contributed by atoms with van der Waals surface area (Å²) in [6.45, 7) is 6.71. The van der Waals surface area contributed by atoms with Crippen LogP contribution in [0.25, 0.3) is 0 Å². The SMILES string of the molecule is CC[C@@H](NC(=O)OC(C)(C)C)C(=O)ON1C(=O)CCC1=O. The van der Waals surface area contributed by atoms with Crippen molar-refractivity contribution in [3.8, 4) is 0 Å². The van der Waals surface area contributed by atoms with Crippen molar-refractivity contribution in [1.29, 1.82) is 0 Å². The maximum Gasteiger partial charge on any atom is 0.408 e. The number of imide groups is 1. The normalized spacial score (nSPS) is 16.7. The first kappa shape index (κ1) is 16.9. The van der Waals surface area contributed by atoms with Crippen LogP contribution in [-0.4, -0.2) is 40.6 Å². The molecule has 1 saturated heterocycles. The number of nitrogens with zero attached hydrogens (tertiary/aromatic N) is 1. The van der Waals surface area contributed by atoms with E-state index in [4.69, 9.17) is 9.57 Å². The van der Waals surface area contributed by atoms with E-state index in [1.165, 1.54) is 0 Å². The van der Waals surface area contributed by atoms with Gasteiger partial charge < -0.3 is 14.9 Å². The molecular formula is C13H20N2O6. The van der Waals surface area contributed by atoms with Crippen LogP contribution in [0.15, 0.2) is 0 Å². The smallest absolute Gasteiger partial charge is 0.408 e. The van der Waals surface area contributed by atoms with Gasteiger partial charge in [0.15, 0.2) is 0 Å². The van der Waals surface area contributed by atoms with Gasteiger partial charge >= 0.3 is 12.1 Å². The van der Waals surface area contributed by atoms with Crippen molar-refractivity contribution < 1.29 is 28.8 Å². The summed E-state index contributed by atoms with van der Waals surface area (Å²) >= 11 is 0. The van der Waals surface area contributed by atoms with Crippen molar-refractivity contribution in [2.45, 2.75) is 58.6 Å². The first-order valence-corrected chi connectivity index (χ1v) is 6.71. The Balaban J connectivity index is 2.59. The Morgan fingerprint density at radius 2 is 1.76 bits per heavy atom. The molecule has 8 heteroatoms. The van der Waals surface area contributed by atoms with E-state index in [0.717, 1.165) is 0 Å². The minimum Gasteiger partial charge on any atom is -0.444 e. The molecular weight excluding hydrogens is 280 g/mol. The molecule has 0 spiro atoms. The first-order chi connectivity index (χ1) is 9.64. The number of carbonyl (C=O) groups excluding carboxylic acids is 4. The van der Waals surface area contributed by atoms with E-state index in [0.29, 0.717) is 5.06 Å². The zero-order valence-electron chi connectivity index (χ0n) is 12.6. The van der Waals surface area contributed by atoms with Gasteiger partial charge in [0.05, 0.1) is 0 Å². The predicted octanol–water partition coefficient (Wildman–Crippen LogP) is 0.897. The zero-order chi connectivity index (χ0) is 16.2. The van der Waals surface area contributed by atoms with E-state index in [1.807, 2.05) is 0 Å². The molecule has 1 aliphatic rings. The van der Waals surface area contributed by atoms with Gasteiger partial charge in [-0.3, -0.25) is 9.59 Å². The van der Waals surface area contributed by atoms with Crippen LogP contribution in [0.3, 0.4) is 0 Å². The van der Waals surface area contributed by atoms with Crippen molar-refractivity contribution in [1.82, 2.24) is 10.4 Å². The van der Waals surface area contributed by atoms with Gasteiger partial charge in [-0.25, -0.2) is 9.59 Å². The number of rotatable bonds is 4. The van der Waals surface area contributed by atoms with Crippen LogP contribution in [0.5, 0.6) is 0 Å². The van der Waals surface area contributed by atoms with Gasteiger partial charge in [0.25, 0.3) is 11.8 Å². The van der Waals surface area contributed by atoms with Crippen LogP contribution in [0.1, 0.15) is 47.0 Å². The Morgan fingerprint density at radius 1 is 1.24 bits per heavy atom. The van der Waals surface area contributed by atoms with E-state index in [9.17, 15) is 19.2 Å². The zero-order valence-corrected chi connectivity index (χ0v) is 12.6. The number of alkyl carbamates (subject to hydrolysis) is 1. The van der Waals surface area contributed by atoms with Crippen LogP contribution >= 0.6 is 0 Å². The van der Waals surface area contributed by atoms with Gasteiger partial charge in [-0.1, -0.05) is 6.92 Å². The van der Waals surface area contributed by atoms with Gasteiger partial charge in [-0.2, -0.15) is 0 Å². The van der Waals surface area contributed by atoms with E-state index in [1.54, 1.807) is 27.7 Å². The fourth-order valence-electron chi connectivity index (χ4n) is 1.59. The van der Waals surface area contributed by atoms with Crippen LogP contribution in [0.4, 0.5) is 4.79 Å². The first-order valence-electron chi connectivity index (χ1n) is 6.71. The van der Waals surface area contributed by atoms with Gasteiger partial charge in [0.2, 0.25) is 0 Å². The lowest BCUT2D eigenvalue weighted by Crippen LogP contribution is -2.46. The molecule has 0 unspecified atom stereocenters. The second kappa shape index (κ2) is 6.55. The lowest BCUT2D eigenvalue weighted by molar-refractivity contribution is -0.199. The Bertz CT molecular complexity index is 438. The molecule has 1 N–H and O–H groups in total. The van der Waals surface area contributed by atoms with Crippen molar-refractivity contribution in [3.63, 3.8) is 0 Å². The highest BCUT2D eigenvalue weighted by Crippen LogP contribution is 2.13. The third-order valence-corrected chi connectivity index (χ3v) is 2.57. The van der Waals surface area contributed by atoms with Crippen molar-refractivity contribution in [2.24, 2.45) is 0 Å². The van der Waals surface area contributed by atoms with Crippen LogP contribution in [-0.2, 0) is 24.0 Å². The number of amides is 3. The summed E-state index contributed by atoms with van der Waals surface area (Å²) in [6.07, 6.45) is -0.510. The molecule has 1 aliphatic heterocycles. The van der Waals surface area contributed by atoms with Crippen LogP contribution in [0.2, 0.25) is 0 Å². The lowest BCUT2D eigenvalue weighted by Gasteiger charge is -2.23. The van der Waals surface area contributed by atoms with E-state index in [-0.39, 0.29) is 19.3 Å². The summed E-state index contributed by atoms with van der Waals surface area (Å²) in [6, 6.07) is -0.999. The predicted molar refractivity (Wildman–Crippen MR) is 70.6 cm³/mol. The molecule has 8 nitrogen and oxygen atoms in total. The van der Waals surface area contributed by atoms with Gasteiger partial charge in [0, 0.05) is 12.8 Å². The van der Waals surface area contributed by atoms with Gasteiger partial charge in [0.1, 0.15) is 11.6 Å². The van der Waals surface area contributed by atoms with Gasteiger partial charge in [-0.15, -0.1) is 5.06 Å². The maximum atomic E-state index is 11.9. The van der Waals surface area contributed by atoms with Crippen molar-refractivity contribution >= 4 is 23.9 Å². The Hall–Kier alpha value is -2.12. The molecule has 21 heavy (non-hydrogen) atoms. The Labute approximate surface area is 122 Å². The van der Waals surface area contributed by atoms with E-state index < -0.39 is 35.5 Å². The summed E-state index contributed by atoms with van der Waals surface area (Å²) < 4.78 is 5.03. The molecule has 3 amide bonds. The molecule has 0 saturated carbocycles. The summed E-state index contributed by atoms with van der Waals surface area (Å²) in [5, 5.41) is 2.79. The molecule has 1 heterocycles. The third-order valence-electron chi connectivity index (χ3n) is 2.57. The van der Waals surface area contributed by atoms with Crippen LogP contribution in [0, 0.1) is 0 Å². The molecule has 1 fully saturated rings. The largest absolute Gasteiger partial charge is 0.444 e. The van der Waals surface area contributed by atoms with E-state index >= 15 is 0 Å². The maximum absolute atomic E-state index is 11.9. The van der Waals surface area contributed by atoms with Crippen LogP contribution < -0.4 is 5.32 Å². The highest BCUT2D eigenvalue weighted by Gasteiger charge is 2.35. The van der Waals surface area contributed by atoms with Crippen molar-refractivity contribution in [3.05, 3.63) is 0 Å². The minimum atomic E-state index is -0.999. The number of hydroxylamine groups is 2. The molecule has 0 bridgehead atoms. The summed E-state index contributed by atoms with van der Waals surface area (Å²) in [5.74, 6) is -2.02. The number of hydrogen-bond donors (Lipinski definition) is 1. The molecule has 0 radical (unpaired) electrons. The van der Waals surface area contributed by atoms with Gasteiger partial charge in [-0.05, 0) is 27.2 Å². The Morgan fingerprint density at radius 3 is 2.19 bits per heavy atom. The summed E-state index contributed by atoms with van der Waals surface area (Å²) in [5.41, 5.74) is -0.701. The highest BCUT2D eigenvalue weighted by atomic mass is 16.7. The third kappa shape index (κ3) is 5.05. The fourth-order valence-corrected chi connectivity index (χ4v) is 1.59. The molecule has 118 valence electrons. The summed E-state index contributed by atoms with van der Waals surface area (Å²) in [4.78, 5) is 51.0. The second-order valence-corrected chi connectivity index (χ2v) is 5.60. The second-order valence-electron chi connectivity index (χ2n) is 5.60. The molecule has 1 rings (SSSR count). The average molecular weight is 300 g/mol.